The summed E-state index contributed by atoms with van der Waals surface area (Å²) in [6.07, 6.45) is 11.9. The van der Waals surface area contributed by atoms with Crippen molar-refractivity contribution in [2.75, 3.05) is 27.2 Å². The zero-order chi connectivity index (χ0) is 33.4. The number of fused-ring (bicyclic) bond motifs is 7. The van der Waals surface area contributed by atoms with Gasteiger partial charge in [0.15, 0.2) is 0 Å². The smallest absolute Gasteiger partial charge is 0.309 e. The molecule has 6 nitrogen and oxygen atoms in total. The maximum atomic E-state index is 13.0. The first-order valence-corrected chi connectivity index (χ1v) is 18.2. The molecule has 0 aromatic carbocycles. The maximum Gasteiger partial charge on any atom is 0.309 e. The maximum absolute atomic E-state index is 13.0. The first-order valence-electron chi connectivity index (χ1n) is 18.2. The summed E-state index contributed by atoms with van der Waals surface area (Å²) >= 11 is 0. The van der Waals surface area contributed by atoms with Crippen LogP contribution in [0.4, 0.5) is 0 Å². The summed E-state index contributed by atoms with van der Waals surface area (Å²) < 4.78 is 6.17. The van der Waals surface area contributed by atoms with E-state index in [0.29, 0.717) is 35.0 Å². The highest BCUT2D eigenvalue weighted by atomic mass is 16.5. The fourth-order valence-electron chi connectivity index (χ4n) is 12.8. The van der Waals surface area contributed by atoms with E-state index in [4.69, 9.17) is 4.74 Å². The van der Waals surface area contributed by atoms with Gasteiger partial charge in [-0.3, -0.25) is 9.59 Å². The molecule has 0 heterocycles. The Bertz CT molecular complexity index is 1180. The second kappa shape index (κ2) is 11.6. The average molecular weight is 627 g/mol. The van der Waals surface area contributed by atoms with Crippen molar-refractivity contribution in [2.24, 2.45) is 56.7 Å². The van der Waals surface area contributed by atoms with Crippen molar-refractivity contribution in [3.63, 3.8) is 0 Å². The second-order valence-electron chi connectivity index (χ2n) is 18.8. The van der Waals surface area contributed by atoms with E-state index in [-0.39, 0.29) is 40.3 Å². The lowest BCUT2D eigenvalue weighted by Crippen LogP contribution is -2.69. The molecule has 256 valence electrons. The third-order valence-corrected chi connectivity index (χ3v) is 15.5. The van der Waals surface area contributed by atoms with Crippen LogP contribution in [0.25, 0.3) is 0 Å². The predicted molar refractivity (Wildman–Crippen MR) is 182 cm³/mol. The number of nitrogens with zero attached hydrogens (tertiary/aromatic N) is 1. The van der Waals surface area contributed by atoms with Gasteiger partial charge in [-0.25, -0.2) is 0 Å². The topological polar surface area (TPSA) is 78.9 Å². The molecule has 5 fully saturated rings. The summed E-state index contributed by atoms with van der Waals surface area (Å²) in [7, 11) is 4.36. The molecule has 5 saturated carbocycles. The van der Waals surface area contributed by atoms with Crippen molar-refractivity contribution >= 4 is 11.9 Å². The van der Waals surface area contributed by atoms with Gasteiger partial charge < -0.3 is 20.1 Å². The minimum atomic E-state index is -1.12. The van der Waals surface area contributed by atoms with Crippen molar-refractivity contribution in [3.05, 3.63) is 12.2 Å². The molecule has 0 amide bonds. The number of ether oxygens (including phenoxy) is 1. The number of likely N-dealkylation sites (N-methyl/N-ethyl adjacent to an activating group) is 1. The van der Waals surface area contributed by atoms with Crippen LogP contribution in [-0.4, -0.2) is 60.8 Å². The van der Waals surface area contributed by atoms with Crippen LogP contribution in [0, 0.1) is 56.7 Å². The van der Waals surface area contributed by atoms with Crippen LogP contribution >= 0.6 is 0 Å². The van der Waals surface area contributed by atoms with Crippen LogP contribution in [0.2, 0.25) is 0 Å². The van der Waals surface area contributed by atoms with Crippen molar-refractivity contribution in [1.29, 1.82) is 0 Å². The van der Waals surface area contributed by atoms with Crippen LogP contribution in [0.15, 0.2) is 12.2 Å². The largest absolute Gasteiger partial charge is 0.481 e. The first kappa shape index (κ1) is 34.9. The number of allylic oxidation sites excluding steroid dienone is 1. The van der Waals surface area contributed by atoms with E-state index in [0.717, 1.165) is 25.9 Å². The van der Waals surface area contributed by atoms with E-state index in [1.165, 1.54) is 56.9 Å². The number of carboxylic acids is 1. The van der Waals surface area contributed by atoms with Crippen molar-refractivity contribution < 1.29 is 19.4 Å². The van der Waals surface area contributed by atoms with Gasteiger partial charge in [0.1, 0.15) is 6.10 Å². The molecule has 0 radical (unpaired) electrons. The summed E-state index contributed by atoms with van der Waals surface area (Å²) in [5.74, 6) is 1.81. The zero-order valence-corrected chi connectivity index (χ0v) is 30.5. The van der Waals surface area contributed by atoms with Crippen LogP contribution < -0.4 is 5.32 Å². The van der Waals surface area contributed by atoms with Gasteiger partial charge in [0, 0.05) is 24.0 Å². The number of carbonyl (C=O) groups excluding carboxylic acids is 1. The lowest BCUT2D eigenvalue weighted by Gasteiger charge is -2.73. The second-order valence-corrected chi connectivity index (χ2v) is 18.8. The van der Waals surface area contributed by atoms with Crippen molar-refractivity contribution in [1.82, 2.24) is 10.2 Å². The third kappa shape index (κ3) is 5.44. The third-order valence-electron chi connectivity index (χ3n) is 15.5. The first-order chi connectivity index (χ1) is 20.7. The summed E-state index contributed by atoms with van der Waals surface area (Å²) in [6, 6.07) is 0. The summed E-state index contributed by atoms with van der Waals surface area (Å²) in [5, 5.41) is 13.8. The van der Waals surface area contributed by atoms with E-state index < -0.39 is 11.4 Å². The fraction of sp³-hybridized carbons (Fsp3) is 0.897. The SMILES string of the molecule is C=C(C)[C@@H]1CCC2(NCCN(C)C)CC[C@]3(C)[C@H](CC[C@@H]4[C@@]5(C)CC[C@H](OC(=O)CC(C)(C)C(=O)O)C(C)(C)[C@@H]5CC[C@]43C)[C@@H]12. The molecule has 0 aromatic rings. The number of hydrogen-bond donors (Lipinski definition) is 2. The van der Waals surface area contributed by atoms with Crippen LogP contribution in [0.3, 0.4) is 0 Å². The summed E-state index contributed by atoms with van der Waals surface area (Å²) in [6.45, 7) is 24.9. The highest BCUT2D eigenvalue weighted by molar-refractivity contribution is 5.81. The molecule has 0 aromatic heterocycles. The Morgan fingerprint density at radius 3 is 2.22 bits per heavy atom. The Morgan fingerprint density at radius 1 is 0.911 bits per heavy atom. The van der Waals surface area contributed by atoms with E-state index in [1.807, 2.05) is 0 Å². The Labute approximate surface area is 274 Å². The van der Waals surface area contributed by atoms with Gasteiger partial charge in [-0.1, -0.05) is 46.8 Å². The normalized spacial score (nSPS) is 43.9. The summed E-state index contributed by atoms with van der Waals surface area (Å²) in [5.41, 5.74) is 1.16. The molecule has 5 rings (SSSR count). The lowest BCUT2D eigenvalue weighted by atomic mass is 9.32. The Balaban J connectivity index is 1.40. The molecule has 6 heteroatoms. The van der Waals surface area contributed by atoms with Crippen molar-refractivity contribution in [2.45, 2.75) is 138 Å². The zero-order valence-electron chi connectivity index (χ0n) is 30.5. The van der Waals surface area contributed by atoms with Gasteiger partial charge in [0.05, 0.1) is 11.8 Å². The average Bonchev–Trinajstić information content (AvgIpc) is 3.30. The highest BCUT2D eigenvalue weighted by Crippen LogP contribution is 2.76. The van der Waals surface area contributed by atoms with Crippen LogP contribution in [0.5, 0.6) is 0 Å². The van der Waals surface area contributed by atoms with Gasteiger partial charge in [-0.05, 0) is 145 Å². The fourth-order valence-corrected chi connectivity index (χ4v) is 12.8. The Morgan fingerprint density at radius 2 is 1.60 bits per heavy atom. The standard InChI is InChI=1S/C39H66N2O4/c1-25(2)26-14-19-39(40-22-23-41(10)11)21-20-37(8)27(32(26)39)12-13-29-36(7)17-16-30(45-31(42)24-34(3,4)33(43)44)35(5,6)28(36)15-18-38(29,37)9/h26-30,32,40H,1,12-24H2,2-11H3,(H,43,44)/t26-,27+,28-,29+,30-,32+,36-,37+,38+,39?/m0/s1. The Hall–Kier alpha value is -1.40. The highest BCUT2D eigenvalue weighted by Gasteiger charge is 2.71. The molecule has 45 heavy (non-hydrogen) atoms. The van der Waals surface area contributed by atoms with Gasteiger partial charge in [0.2, 0.25) is 0 Å². The molecule has 1 unspecified atom stereocenters. The number of rotatable bonds is 9. The van der Waals surface area contributed by atoms with E-state index in [1.54, 1.807) is 13.8 Å². The molecule has 0 bridgehead atoms. The lowest BCUT2D eigenvalue weighted by molar-refractivity contribution is -0.246. The number of hydrogen-bond acceptors (Lipinski definition) is 5. The predicted octanol–water partition coefficient (Wildman–Crippen LogP) is 7.96. The number of nitrogens with one attached hydrogen (secondary N) is 1. The van der Waals surface area contributed by atoms with E-state index in [9.17, 15) is 14.7 Å². The molecule has 10 atom stereocenters. The van der Waals surface area contributed by atoms with Gasteiger partial charge >= 0.3 is 11.9 Å². The number of carboxylic acid groups (broad SMARTS) is 1. The quantitative estimate of drug-likeness (QED) is 0.200. The van der Waals surface area contributed by atoms with Gasteiger partial charge in [0.25, 0.3) is 0 Å². The van der Waals surface area contributed by atoms with Crippen LogP contribution in [0.1, 0.15) is 126 Å². The minimum absolute atomic E-state index is 0.0882. The van der Waals surface area contributed by atoms with Gasteiger partial charge in [-0.15, -0.1) is 0 Å². The van der Waals surface area contributed by atoms with E-state index in [2.05, 4.69) is 72.4 Å². The molecular formula is C39H66N2O4. The molecular weight excluding hydrogens is 560 g/mol. The van der Waals surface area contributed by atoms with Crippen LogP contribution in [-0.2, 0) is 14.3 Å². The van der Waals surface area contributed by atoms with E-state index >= 15 is 0 Å². The Kier molecular flexibility index (Phi) is 9.03. The molecule has 2 N–H and O–H groups in total. The molecule has 0 aliphatic heterocycles. The molecule has 5 aliphatic rings. The molecule has 0 spiro atoms. The van der Waals surface area contributed by atoms with Crippen molar-refractivity contribution in [3.8, 4) is 0 Å². The number of aliphatic carboxylic acids is 1. The molecule has 0 saturated heterocycles. The number of carbonyl (C=O) groups is 2. The summed E-state index contributed by atoms with van der Waals surface area (Å²) in [4.78, 5) is 27.0. The number of esters is 1. The monoisotopic (exact) mass is 627 g/mol. The minimum Gasteiger partial charge on any atom is -0.481 e. The van der Waals surface area contributed by atoms with Gasteiger partial charge in [-0.2, -0.15) is 0 Å². The molecule has 5 aliphatic carbocycles.